The summed E-state index contributed by atoms with van der Waals surface area (Å²) < 4.78 is 13.6. The number of hydrogen-bond acceptors (Lipinski definition) is 1. The van der Waals surface area contributed by atoms with Crippen molar-refractivity contribution in [2.24, 2.45) is 0 Å². The Kier molecular flexibility index (Phi) is 2.30. The summed E-state index contributed by atoms with van der Waals surface area (Å²) in [6.07, 6.45) is 1.63. The summed E-state index contributed by atoms with van der Waals surface area (Å²) in [5.74, 6) is -0.228. The van der Waals surface area contributed by atoms with Gasteiger partial charge in [-0.2, -0.15) is 0 Å². The van der Waals surface area contributed by atoms with Crippen molar-refractivity contribution in [3.63, 3.8) is 0 Å². The van der Waals surface area contributed by atoms with Crippen LogP contribution in [0.5, 0.6) is 0 Å². The van der Waals surface area contributed by atoms with E-state index in [9.17, 15) is 4.39 Å². The van der Waals surface area contributed by atoms with Crippen LogP contribution in [-0.2, 0) is 0 Å². The molecule has 0 fully saturated rings. The Labute approximate surface area is 88.3 Å². The van der Waals surface area contributed by atoms with E-state index in [1.54, 1.807) is 18.5 Å². The molecule has 1 heterocycles. The smallest absolute Gasteiger partial charge is 0.123 e. The molecular weight excluding hydrogens is 282 g/mol. The zero-order chi connectivity index (χ0) is 9.26. The minimum Gasteiger partial charge on any atom is -0.340 e. The second-order valence-corrected chi connectivity index (χ2v) is 3.65. The van der Waals surface area contributed by atoms with Crippen LogP contribution in [0.25, 0.3) is 11.3 Å². The molecule has 0 spiro atoms. The number of rotatable bonds is 1. The highest BCUT2D eigenvalue weighted by Crippen LogP contribution is 2.21. The lowest BCUT2D eigenvalue weighted by molar-refractivity contribution is 0.628. The molecule has 2 nitrogen and oxygen atoms in total. The van der Waals surface area contributed by atoms with E-state index in [-0.39, 0.29) is 5.82 Å². The van der Waals surface area contributed by atoms with Gasteiger partial charge in [0.05, 0.1) is 6.33 Å². The maximum Gasteiger partial charge on any atom is 0.123 e. The van der Waals surface area contributed by atoms with E-state index in [0.717, 1.165) is 15.0 Å². The molecule has 2 rings (SSSR count). The van der Waals surface area contributed by atoms with Crippen LogP contribution < -0.4 is 0 Å². The molecule has 0 saturated carbocycles. The van der Waals surface area contributed by atoms with Crippen molar-refractivity contribution in [3.05, 3.63) is 40.1 Å². The number of halogens is 2. The second-order valence-electron chi connectivity index (χ2n) is 2.57. The molecule has 0 aliphatic rings. The van der Waals surface area contributed by atoms with E-state index >= 15 is 0 Å². The Morgan fingerprint density at radius 3 is 2.46 bits per heavy atom. The van der Waals surface area contributed by atoms with Gasteiger partial charge in [0.15, 0.2) is 0 Å². The summed E-state index contributed by atoms with van der Waals surface area (Å²) in [4.78, 5) is 7.09. The summed E-state index contributed by atoms with van der Waals surface area (Å²) in [5, 5.41) is 0. The number of aromatic nitrogens is 2. The van der Waals surface area contributed by atoms with Crippen LogP contribution in [0, 0.1) is 9.52 Å². The first-order chi connectivity index (χ1) is 6.27. The predicted octanol–water partition coefficient (Wildman–Crippen LogP) is 2.82. The van der Waals surface area contributed by atoms with Crippen LogP contribution in [-0.4, -0.2) is 9.97 Å². The Morgan fingerprint density at radius 2 is 1.92 bits per heavy atom. The highest BCUT2D eigenvalue weighted by molar-refractivity contribution is 14.1. The highest BCUT2D eigenvalue weighted by Gasteiger charge is 2.04. The molecule has 0 radical (unpaired) electrons. The summed E-state index contributed by atoms with van der Waals surface area (Å²) in [6.45, 7) is 0. The molecule has 0 aliphatic heterocycles. The van der Waals surface area contributed by atoms with Gasteiger partial charge in [-0.15, -0.1) is 0 Å². The van der Waals surface area contributed by atoms with Crippen molar-refractivity contribution in [1.82, 2.24) is 9.97 Å². The molecule has 1 N–H and O–H groups in total. The Morgan fingerprint density at radius 1 is 1.23 bits per heavy atom. The third-order valence-corrected chi connectivity index (χ3v) is 2.53. The van der Waals surface area contributed by atoms with E-state index in [2.05, 4.69) is 32.6 Å². The van der Waals surface area contributed by atoms with Gasteiger partial charge in [0.1, 0.15) is 15.2 Å². The number of hydrogen-bond donors (Lipinski definition) is 1. The van der Waals surface area contributed by atoms with Gasteiger partial charge in [0, 0.05) is 5.56 Å². The second kappa shape index (κ2) is 3.45. The molecule has 0 bridgehead atoms. The fraction of sp³-hybridized carbons (Fsp3) is 0. The van der Waals surface area contributed by atoms with Crippen LogP contribution in [0.4, 0.5) is 4.39 Å². The summed E-state index contributed by atoms with van der Waals surface area (Å²) >= 11 is 2.16. The summed E-state index contributed by atoms with van der Waals surface area (Å²) in [5.41, 5.74) is 1.78. The van der Waals surface area contributed by atoms with Crippen molar-refractivity contribution >= 4 is 22.6 Å². The van der Waals surface area contributed by atoms with Gasteiger partial charge in [-0.1, -0.05) is 0 Å². The fourth-order valence-corrected chi connectivity index (χ4v) is 1.68. The van der Waals surface area contributed by atoms with Gasteiger partial charge in [0.25, 0.3) is 0 Å². The van der Waals surface area contributed by atoms with Gasteiger partial charge in [-0.25, -0.2) is 9.37 Å². The summed E-state index contributed by atoms with van der Waals surface area (Å²) in [7, 11) is 0. The number of nitrogens with zero attached hydrogens (tertiary/aromatic N) is 1. The molecule has 0 amide bonds. The third-order valence-electron chi connectivity index (χ3n) is 1.71. The largest absolute Gasteiger partial charge is 0.340 e. The molecule has 4 heteroatoms. The van der Waals surface area contributed by atoms with Crippen molar-refractivity contribution in [2.75, 3.05) is 0 Å². The van der Waals surface area contributed by atoms with Gasteiger partial charge >= 0.3 is 0 Å². The maximum absolute atomic E-state index is 12.6. The number of benzene rings is 1. The Hall–Kier alpha value is -0.910. The molecule has 1 aromatic heterocycles. The van der Waals surface area contributed by atoms with Crippen LogP contribution in [0.2, 0.25) is 0 Å². The van der Waals surface area contributed by atoms with Crippen LogP contribution in [0.1, 0.15) is 0 Å². The number of nitrogens with one attached hydrogen (secondary N) is 1. The lowest BCUT2D eigenvalue weighted by atomic mass is 10.2. The zero-order valence-corrected chi connectivity index (χ0v) is 8.75. The van der Waals surface area contributed by atoms with E-state index < -0.39 is 0 Å². The average molecular weight is 288 g/mol. The predicted molar refractivity (Wildman–Crippen MR) is 56.7 cm³/mol. The van der Waals surface area contributed by atoms with E-state index in [4.69, 9.17) is 0 Å². The lowest BCUT2D eigenvalue weighted by Gasteiger charge is -1.96. The average Bonchev–Trinajstić information content (AvgIpc) is 2.53. The summed E-state index contributed by atoms with van der Waals surface area (Å²) in [6, 6.07) is 6.29. The first kappa shape index (κ1) is 8.68. The molecule has 0 unspecified atom stereocenters. The molecule has 13 heavy (non-hydrogen) atoms. The first-order valence-corrected chi connectivity index (χ1v) is 4.80. The number of H-pyrrole nitrogens is 1. The molecule has 1 aromatic carbocycles. The molecule has 0 aliphatic carbocycles. The lowest BCUT2D eigenvalue weighted by Crippen LogP contribution is -1.81. The topological polar surface area (TPSA) is 28.7 Å². The number of imidazole rings is 1. The van der Waals surface area contributed by atoms with Crippen molar-refractivity contribution in [2.45, 2.75) is 0 Å². The highest BCUT2D eigenvalue weighted by atomic mass is 127. The Balaban J connectivity index is 2.47. The van der Waals surface area contributed by atoms with Crippen molar-refractivity contribution < 1.29 is 4.39 Å². The van der Waals surface area contributed by atoms with E-state index in [1.807, 2.05) is 0 Å². The maximum atomic E-state index is 12.6. The van der Waals surface area contributed by atoms with Crippen LogP contribution in [0.15, 0.2) is 30.6 Å². The van der Waals surface area contributed by atoms with Gasteiger partial charge in [-0.05, 0) is 46.9 Å². The molecular formula is C9H6FIN2. The quantitative estimate of drug-likeness (QED) is 0.803. The fourth-order valence-electron chi connectivity index (χ4n) is 1.09. The minimum atomic E-state index is -0.228. The third kappa shape index (κ3) is 1.72. The van der Waals surface area contributed by atoms with E-state index in [0.29, 0.717) is 0 Å². The standard InChI is InChI=1S/C9H6FIN2/c10-7-3-1-6(2-4-7)8-9(11)13-5-12-8/h1-5H,(H,12,13). The minimum absolute atomic E-state index is 0.228. The van der Waals surface area contributed by atoms with Gasteiger partial charge in [0.2, 0.25) is 0 Å². The van der Waals surface area contributed by atoms with Crippen molar-refractivity contribution in [1.29, 1.82) is 0 Å². The monoisotopic (exact) mass is 288 g/mol. The Bertz CT molecular complexity index is 408. The normalized spacial score (nSPS) is 10.3. The zero-order valence-electron chi connectivity index (χ0n) is 6.59. The molecule has 0 atom stereocenters. The van der Waals surface area contributed by atoms with Crippen molar-refractivity contribution in [3.8, 4) is 11.3 Å². The first-order valence-electron chi connectivity index (χ1n) is 3.72. The van der Waals surface area contributed by atoms with Gasteiger partial charge in [-0.3, -0.25) is 0 Å². The van der Waals surface area contributed by atoms with Crippen LogP contribution >= 0.6 is 22.6 Å². The SMILES string of the molecule is Fc1ccc(-c2nc[nH]c2I)cc1. The number of aromatic amines is 1. The molecule has 0 saturated heterocycles. The van der Waals surface area contributed by atoms with Gasteiger partial charge < -0.3 is 4.98 Å². The molecule has 66 valence electrons. The van der Waals surface area contributed by atoms with Crippen LogP contribution in [0.3, 0.4) is 0 Å². The van der Waals surface area contributed by atoms with E-state index in [1.165, 1.54) is 12.1 Å². The molecule has 2 aromatic rings.